The molecule has 2 aliphatic rings. The molecule has 2 rings (SSSR count). The molecule has 0 aromatic carbocycles. The normalized spacial score (nSPS) is 42.9. The predicted octanol–water partition coefficient (Wildman–Crippen LogP) is 3.69. The predicted molar refractivity (Wildman–Crippen MR) is 35.7 cm³/mol. The molecule has 0 aromatic heterocycles. The Kier molecular flexibility index (Phi) is 1.73. The number of hydrogen-bond acceptors (Lipinski definition) is 0. The van der Waals surface area contributed by atoms with Crippen molar-refractivity contribution in [3.63, 3.8) is 0 Å². The zero-order valence-electron chi connectivity index (χ0n) is 7.60. The molecular formula is C8H4F8. The Labute approximate surface area is 83.9 Å². The van der Waals surface area contributed by atoms with Crippen LogP contribution < -0.4 is 0 Å². The van der Waals surface area contributed by atoms with Gasteiger partial charge in [0.05, 0.1) is 0 Å². The van der Waals surface area contributed by atoms with Crippen molar-refractivity contribution in [2.24, 2.45) is 11.3 Å². The highest BCUT2D eigenvalue weighted by molar-refractivity contribution is 5.41. The number of halogens is 8. The Morgan fingerprint density at radius 1 is 0.875 bits per heavy atom. The van der Waals surface area contributed by atoms with Crippen molar-refractivity contribution < 1.29 is 35.1 Å². The van der Waals surface area contributed by atoms with Gasteiger partial charge in [0, 0.05) is 0 Å². The van der Waals surface area contributed by atoms with Gasteiger partial charge in [-0.3, -0.25) is 0 Å². The lowest BCUT2D eigenvalue weighted by Crippen LogP contribution is -2.51. The number of rotatable bonds is 0. The topological polar surface area (TPSA) is 0 Å². The lowest BCUT2D eigenvalue weighted by molar-refractivity contribution is -0.245. The molecule has 2 atom stereocenters. The number of fused-ring (bicyclic) bond motifs is 2. The number of allylic oxidation sites excluding steroid dienone is 2. The average molecular weight is 252 g/mol. The molecule has 2 aliphatic carbocycles. The molecule has 16 heavy (non-hydrogen) atoms. The smallest absolute Gasteiger partial charge is 0.208 e. The van der Waals surface area contributed by atoms with Gasteiger partial charge < -0.3 is 0 Å². The first kappa shape index (κ1) is 11.7. The third-order valence-corrected chi connectivity index (χ3v) is 3.34. The SMILES string of the molecule is CC12C(F)=C(F)C(C(F)(F)C1(F)F)C2(F)F. The summed E-state index contributed by atoms with van der Waals surface area (Å²) in [4.78, 5) is 0. The summed E-state index contributed by atoms with van der Waals surface area (Å²) in [5.41, 5.74) is -4.11. The van der Waals surface area contributed by atoms with E-state index in [-0.39, 0.29) is 6.92 Å². The number of hydrogen-bond donors (Lipinski definition) is 0. The zero-order chi connectivity index (χ0) is 12.7. The monoisotopic (exact) mass is 252 g/mol. The fraction of sp³-hybridized carbons (Fsp3) is 0.750. The first-order valence-electron chi connectivity index (χ1n) is 4.13. The molecule has 0 saturated heterocycles. The average Bonchev–Trinajstić information content (AvgIpc) is 2.28. The second-order valence-corrected chi connectivity index (χ2v) is 4.04. The van der Waals surface area contributed by atoms with Gasteiger partial charge in [0.25, 0.3) is 5.92 Å². The van der Waals surface area contributed by atoms with Crippen molar-refractivity contribution in [3.8, 4) is 0 Å². The minimum atomic E-state index is -5.33. The van der Waals surface area contributed by atoms with Crippen LogP contribution in [-0.4, -0.2) is 17.8 Å². The van der Waals surface area contributed by atoms with Crippen molar-refractivity contribution in [1.29, 1.82) is 0 Å². The second kappa shape index (κ2) is 2.38. The summed E-state index contributed by atoms with van der Waals surface area (Å²) in [6.07, 6.45) is 0. The van der Waals surface area contributed by atoms with E-state index >= 15 is 0 Å². The van der Waals surface area contributed by atoms with Crippen LogP contribution in [0.5, 0.6) is 0 Å². The van der Waals surface area contributed by atoms with Crippen molar-refractivity contribution >= 4 is 0 Å². The molecule has 2 unspecified atom stereocenters. The Hall–Kier alpha value is -0.820. The Balaban J connectivity index is 2.81. The first-order valence-corrected chi connectivity index (χ1v) is 4.13. The van der Waals surface area contributed by atoms with E-state index in [1.807, 2.05) is 0 Å². The highest BCUT2D eigenvalue weighted by Gasteiger charge is 2.94. The van der Waals surface area contributed by atoms with Crippen LogP contribution in [0.3, 0.4) is 0 Å². The minimum absolute atomic E-state index is 0.0944. The summed E-state index contributed by atoms with van der Waals surface area (Å²) in [5.74, 6) is -24.2. The maximum atomic E-state index is 13.2. The van der Waals surface area contributed by atoms with Crippen molar-refractivity contribution in [2.75, 3.05) is 0 Å². The first-order chi connectivity index (χ1) is 6.94. The molecular weight excluding hydrogens is 248 g/mol. The summed E-state index contributed by atoms with van der Waals surface area (Å²) in [7, 11) is 0. The van der Waals surface area contributed by atoms with Crippen molar-refractivity contribution in [2.45, 2.75) is 24.7 Å². The van der Waals surface area contributed by atoms with Crippen LogP contribution >= 0.6 is 0 Å². The third kappa shape index (κ3) is 0.718. The fourth-order valence-electron chi connectivity index (χ4n) is 2.21. The summed E-state index contributed by atoms with van der Waals surface area (Å²) in [6.45, 7) is -0.0944. The van der Waals surface area contributed by atoms with Gasteiger partial charge in [-0.1, -0.05) is 0 Å². The van der Waals surface area contributed by atoms with Crippen LogP contribution in [0, 0.1) is 11.3 Å². The molecule has 0 aliphatic heterocycles. The molecule has 0 heterocycles. The Morgan fingerprint density at radius 3 is 1.62 bits per heavy atom. The van der Waals surface area contributed by atoms with Gasteiger partial charge in [-0.2, -0.15) is 17.6 Å². The summed E-state index contributed by atoms with van der Waals surface area (Å²) >= 11 is 0. The molecule has 0 radical (unpaired) electrons. The van der Waals surface area contributed by atoms with Gasteiger partial charge in [0.2, 0.25) is 0 Å². The molecule has 0 N–H and O–H groups in total. The van der Waals surface area contributed by atoms with E-state index < -0.39 is 40.8 Å². The molecule has 0 amide bonds. The van der Waals surface area contributed by atoms with E-state index in [1.54, 1.807) is 0 Å². The molecule has 2 bridgehead atoms. The Morgan fingerprint density at radius 2 is 1.31 bits per heavy atom. The van der Waals surface area contributed by atoms with Crippen LogP contribution in [0.25, 0.3) is 0 Å². The fourth-order valence-corrected chi connectivity index (χ4v) is 2.21. The quantitative estimate of drug-likeness (QED) is 0.577. The molecule has 0 spiro atoms. The highest BCUT2D eigenvalue weighted by Crippen LogP contribution is 2.76. The van der Waals surface area contributed by atoms with Crippen LogP contribution in [0.15, 0.2) is 11.7 Å². The van der Waals surface area contributed by atoms with E-state index in [1.165, 1.54) is 0 Å². The second-order valence-electron chi connectivity index (χ2n) is 4.04. The van der Waals surface area contributed by atoms with Gasteiger partial charge in [-0.25, -0.2) is 17.6 Å². The third-order valence-electron chi connectivity index (χ3n) is 3.34. The van der Waals surface area contributed by atoms with Crippen LogP contribution in [0.2, 0.25) is 0 Å². The zero-order valence-corrected chi connectivity index (χ0v) is 7.60. The minimum Gasteiger partial charge on any atom is -0.208 e. The van der Waals surface area contributed by atoms with Crippen molar-refractivity contribution in [3.05, 3.63) is 11.7 Å². The summed E-state index contributed by atoms with van der Waals surface area (Å²) < 4.78 is 104. The van der Waals surface area contributed by atoms with E-state index in [9.17, 15) is 35.1 Å². The largest absolute Gasteiger partial charge is 0.328 e. The molecule has 8 heteroatoms. The van der Waals surface area contributed by atoms with Gasteiger partial charge >= 0.3 is 11.8 Å². The van der Waals surface area contributed by atoms with Gasteiger partial charge in [-0.15, -0.1) is 0 Å². The van der Waals surface area contributed by atoms with E-state index in [4.69, 9.17) is 0 Å². The molecule has 1 fully saturated rings. The van der Waals surface area contributed by atoms with Gasteiger partial charge in [-0.05, 0) is 6.92 Å². The maximum Gasteiger partial charge on any atom is 0.328 e. The summed E-state index contributed by atoms with van der Waals surface area (Å²) in [6, 6.07) is 0. The van der Waals surface area contributed by atoms with Crippen LogP contribution in [0.4, 0.5) is 35.1 Å². The standard InChI is InChI=1S/C8H4F8/c1-5-4(10)2(9)3(6(5,11)12)7(13,14)8(5,15)16/h3H,1H3. The van der Waals surface area contributed by atoms with Crippen LogP contribution in [-0.2, 0) is 0 Å². The molecule has 0 aromatic rings. The van der Waals surface area contributed by atoms with E-state index in [0.29, 0.717) is 0 Å². The Bertz CT molecular complexity index is 395. The van der Waals surface area contributed by atoms with Gasteiger partial charge in [0.1, 0.15) is 11.7 Å². The summed E-state index contributed by atoms with van der Waals surface area (Å²) in [5, 5.41) is 0. The number of alkyl halides is 6. The lowest BCUT2D eigenvalue weighted by atomic mass is 9.82. The molecule has 1 saturated carbocycles. The van der Waals surface area contributed by atoms with Crippen LogP contribution in [0.1, 0.15) is 6.92 Å². The molecule has 92 valence electrons. The lowest BCUT2D eigenvalue weighted by Gasteiger charge is -2.33. The molecule has 0 nitrogen and oxygen atoms in total. The van der Waals surface area contributed by atoms with Gasteiger partial charge in [0.15, 0.2) is 11.2 Å². The highest BCUT2D eigenvalue weighted by atomic mass is 19.3. The van der Waals surface area contributed by atoms with E-state index in [0.717, 1.165) is 0 Å². The van der Waals surface area contributed by atoms with E-state index in [2.05, 4.69) is 0 Å². The van der Waals surface area contributed by atoms with Crippen molar-refractivity contribution in [1.82, 2.24) is 0 Å². The maximum absolute atomic E-state index is 13.2.